The number of aryl methyl sites for hydroxylation is 1. The van der Waals surface area contributed by atoms with Gasteiger partial charge in [-0.3, -0.25) is 9.48 Å². The molecule has 1 amide bonds. The summed E-state index contributed by atoms with van der Waals surface area (Å²) in [5, 5.41) is 7.50. The van der Waals surface area contributed by atoms with Gasteiger partial charge in [-0.05, 0) is 23.8 Å². The first kappa shape index (κ1) is 14.1. The van der Waals surface area contributed by atoms with E-state index in [-0.39, 0.29) is 5.91 Å². The maximum absolute atomic E-state index is 11.3. The maximum atomic E-state index is 11.3. The molecule has 2 aromatic rings. The number of aromatic nitrogens is 2. The molecule has 106 valence electrons. The molecule has 1 aromatic heterocycles. The monoisotopic (exact) mass is 272 g/mol. The van der Waals surface area contributed by atoms with E-state index in [0.29, 0.717) is 6.54 Å². The summed E-state index contributed by atoms with van der Waals surface area (Å²) in [6, 6.07) is 10.1. The van der Waals surface area contributed by atoms with Crippen LogP contribution < -0.4 is 5.32 Å². The van der Waals surface area contributed by atoms with Crippen molar-refractivity contribution < 1.29 is 4.79 Å². The molecule has 5 heteroatoms. The van der Waals surface area contributed by atoms with Gasteiger partial charge in [0, 0.05) is 39.4 Å². The Hall–Kier alpha value is -2.30. The van der Waals surface area contributed by atoms with Crippen molar-refractivity contribution in [3.8, 4) is 0 Å². The molecule has 1 heterocycles. The topological polar surface area (TPSA) is 50.2 Å². The highest BCUT2D eigenvalue weighted by atomic mass is 16.2. The van der Waals surface area contributed by atoms with E-state index in [1.165, 1.54) is 0 Å². The Kier molecular flexibility index (Phi) is 4.40. The van der Waals surface area contributed by atoms with Crippen molar-refractivity contribution in [3.63, 3.8) is 0 Å². The highest BCUT2D eigenvalue weighted by Gasteiger charge is 2.04. The number of hydrogen-bond donors (Lipinski definition) is 1. The van der Waals surface area contributed by atoms with Crippen LogP contribution in [0.1, 0.15) is 18.2 Å². The summed E-state index contributed by atoms with van der Waals surface area (Å²) in [6.45, 7) is 2.92. The molecule has 1 aromatic carbocycles. The number of carbonyl (C=O) groups is 1. The number of benzene rings is 1. The summed E-state index contributed by atoms with van der Waals surface area (Å²) in [4.78, 5) is 12.9. The lowest BCUT2D eigenvalue weighted by Gasteiger charge is -2.15. The molecular weight excluding hydrogens is 252 g/mol. The molecule has 0 radical (unpaired) electrons. The van der Waals surface area contributed by atoms with Crippen molar-refractivity contribution in [3.05, 3.63) is 47.8 Å². The van der Waals surface area contributed by atoms with Gasteiger partial charge in [-0.15, -0.1) is 0 Å². The molecule has 5 nitrogen and oxygen atoms in total. The summed E-state index contributed by atoms with van der Waals surface area (Å²) in [5.41, 5.74) is 3.27. The highest BCUT2D eigenvalue weighted by molar-refractivity contribution is 5.72. The molecule has 20 heavy (non-hydrogen) atoms. The first-order valence-electron chi connectivity index (χ1n) is 6.57. The normalized spacial score (nSPS) is 10.3. The third-order valence-corrected chi connectivity index (χ3v) is 3.28. The molecule has 0 saturated carbocycles. The van der Waals surface area contributed by atoms with Crippen LogP contribution >= 0.6 is 0 Å². The van der Waals surface area contributed by atoms with Crippen molar-refractivity contribution >= 4 is 11.6 Å². The Labute approximate surface area is 119 Å². The minimum absolute atomic E-state index is 0.0678. The number of carbonyl (C=O) groups excluding carboxylic acids is 1. The number of hydrogen-bond acceptors (Lipinski definition) is 3. The van der Waals surface area contributed by atoms with Gasteiger partial charge < -0.3 is 10.2 Å². The predicted molar refractivity (Wildman–Crippen MR) is 79.1 cm³/mol. The third-order valence-electron chi connectivity index (χ3n) is 3.28. The van der Waals surface area contributed by atoms with Gasteiger partial charge >= 0.3 is 0 Å². The van der Waals surface area contributed by atoms with Crippen LogP contribution in [0.2, 0.25) is 0 Å². The summed E-state index contributed by atoms with van der Waals surface area (Å²) in [7, 11) is 3.73. The maximum Gasteiger partial charge on any atom is 0.219 e. The standard InChI is InChI=1S/C15H20N4O/c1-12(20)18(2)11-13-5-4-6-14(9-13)16-10-15-7-8-17-19(15)3/h4-9,16H,10-11H2,1-3H3. The van der Waals surface area contributed by atoms with Gasteiger partial charge in [0.1, 0.15) is 0 Å². The predicted octanol–water partition coefficient (Wildman–Crippen LogP) is 2.01. The second-order valence-corrected chi connectivity index (χ2v) is 4.88. The first-order valence-corrected chi connectivity index (χ1v) is 6.57. The van der Waals surface area contributed by atoms with E-state index in [2.05, 4.69) is 16.5 Å². The molecule has 0 spiro atoms. The number of nitrogens with zero attached hydrogens (tertiary/aromatic N) is 3. The molecule has 0 bridgehead atoms. The Bertz CT molecular complexity index is 591. The molecular formula is C15H20N4O. The van der Waals surface area contributed by atoms with Crippen LogP contribution in [-0.2, 0) is 24.9 Å². The Morgan fingerprint density at radius 3 is 2.85 bits per heavy atom. The number of nitrogens with one attached hydrogen (secondary N) is 1. The molecule has 0 atom stereocenters. The quantitative estimate of drug-likeness (QED) is 0.906. The average Bonchev–Trinajstić information content (AvgIpc) is 2.82. The number of amides is 1. The van der Waals surface area contributed by atoms with Crippen LogP contribution in [0.3, 0.4) is 0 Å². The molecule has 1 N–H and O–H groups in total. The SMILES string of the molecule is CC(=O)N(C)Cc1cccc(NCc2ccnn2C)c1. The molecule has 0 aliphatic heterocycles. The fourth-order valence-corrected chi connectivity index (χ4v) is 1.93. The molecule has 0 saturated heterocycles. The van der Waals surface area contributed by atoms with Gasteiger partial charge in [0.15, 0.2) is 0 Å². The van der Waals surface area contributed by atoms with Crippen LogP contribution in [0.15, 0.2) is 36.5 Å². The molecule has 0 aliphatic carbocycles. The second kappa shape index (κ2) is 6.23. The summed E-state index contributed by atoms with van der Waals surface area (Å²) in [6.07, 6.45) is 1.79. The van der Waals surface area contributed by atoms with E-state index in [9.17, 15) is 4.79 Å². The van der Waals surface area contributed by atoms with E-state index in [0.717, 1.165) is 23.5 Å². The van der Waals surface area contributed by atoms with Crippen LogP contribution in [0.5, 0.6) is 0 Å². The van der Waals surface area contributed by atoms with Crippen molar-refractivity contribution in [1.29, 1.82) is 0 Å². The summed E-state index contributed by atoms with van der Waals surface area (Å²) < 4.78 is 1.85. The number of rotatable bonds is 5. The van der Waals surface area contributed by atoms with Crippen LogP contribution in [0.25, 0.3) is 0 Å². The average molecular weight is 272 g/mol. The Morgan fingerprint density at radius 1 is 1.40 bits per heavy atom. The fourth-order valence-electron chi connectivity index (χ4n) is 1.93. The van der Waals surface area contributed by atoms with Crippen molar-refractivity contribution in [2.24, 2.45) is 7.05 Å². The third kappa shape index (κ3) is 3.60. The fraction of sp³-hybridized carbons (Fsp3) is 0.333. The smallest absolute Gasteiger partial charge is 0.219 e. The Balaban J connectivity index is 1.99. The van der Waals surface area contributed by atoms with E-state index in [4.69, 9.17) is 0 Å². The lowest BCUT2D eigenvalue weighted by atomic mass is 10.2. The molecule has 0 aliphatic rings. The van der Waals surface area contributed by atoms with Crippen molar-refractivity contribution in [2.45, 2.75) is 20.0 Å². The van der Waals surface area contributed by atoms with Crippen LogP contribution in [-0.4, -0.2) is 27.6 Å². The van der Waals surface area contributed by atoms with E-state index < -0.39 is 0 Å². The zero-order valence-corrected chi connectivity index (χ0v) is 12.1. The lowest BCUT2D eigenvalue weighted by Crippen LogP contribution is -2.23. The second-order valence-electron chi connectivity index (χ2n) is 4.88. The summed E-state index contributed by atoms with van der Waals surface area (Å²) >= 11 is 0. The van der Waals surface area contributed by atoms with Crippen LogP contribution in [0.4, 0.5) is 5.69 Å². The minimum Gasteiger partial charge on any atom is -0.379 e. The Morgan fingerprint density at radius 2 is 2.20 bits per heavy atom. The molecule has 0 unspecified atom stereocenters. The summed E-state index contributed by atoms with van der Waals surface area (Å²) in [5.74, 6) is 0.0678. The highest BCUT2D eigenvalue weighted by Crippen LogP contribution is 2.13. The van der Waals surface area contributed by atoms with Gasteiger partial charge in [0.2, 0.25) is 5.91 Å². The molecule has 0 fully saturated rings. The van der Waals surface area contributed by atoms with E-state index in [1.807, 2.05) is 36.0 Å². The zero-order valence-electron chi connectivity index (χ0n) is 12.1. The molecule has 2 rings (SSSR count). The van der Waals surface area contributed by atoms with E-state index in [1.54, 1.807) is 25.1 Å². The zero-order chi connectivity index (χ0) is 14.5. The van der Waals surface area contributed by atoms with Gasteiger partial charge in [-0.25, -0.2) is 0 Å². The van der Waals surface area contributed by atoms with Crippen molar-refractivity contribution in [1.82, 2.24) is 14.7 Å². The minimum atomic E-state index is 0.0678. The van der Waals surface area contributed by atoms with Gasteiger partial charge in [0.05, 0.1) is 12.2 Å². The van der Waals surface area contributed by atoms with Gasteiger partial charge in [0.25, 0.3) is 0 Å². The van der Waals surface area contributed by atoms with Gasteiger partial charge in [-0.2, -0.15) is 5.10 Å². The van der Waals surface area contributed by atoms with Crippen molar-refractivity contribution in [2.75, 3.05) is 12.4 Å². The van der Waals surface area contributed by atoms with E-state index >= 15 is 0 Å². The lowest BCUT2D eigenvalue weighted by molar-refractivity contribution is -0.128. The first-order chi connectivity index (χ1) is 9.56. The number of anilines is 1. The van der Waals surface area contributed by atoms with Crippen LogP contribution in [0, 0.1) is 0 Å². The largest absolute Gasteiger partial charge is 0.379 e. The van der Waals surface area contributed by atoms with Gasteiger partial charge in [-0.1, -0.05) is 12.1 Å².